The molecule has 0 aliphatic carbocycles. The third-order valence-corrected chi connectivity index (χ3v) is 6.85. The number of benzene rings is 2. The molecule has 2 aromatic carbocycles. The highest BCUT2D eigenvalue weighted by molar-refractivity contribution is 8.08. The maximum absolute atomic E-state index is 13.7. The van der Waals surface area contributed by atoms with E-state index in [1.807, 2.05) is 80.5 Å². The van der Waals surface area contributed by atoms with Crippen LogP contribution in [0.5, 0.6) is 5.75 Å². The molecular weight excluding hydrogens is 460 g/mol. The van der Waals surface area contributed by atoms with E-state index in [-0.39, 0.29) is 18.3 Å². The average molecular weight is 491 g/mol. The highest BCUT2D eigenvalue weighted by Gasteiger charge is 2.41. The standard InChI is InChI=1S/C25H30N2O4S.ClH/c1-17-23(19-9-7-6-8-10-19)32-24(20-11-13-21(30-5)14-12-20)22(31-18(2)28)25(29)27(17)16-15-26(3)4;/h6-14,22,24H,15-16H2,1-5H3;1H/t22-,24-;/m1./s1. The first kappa shape index (κ1) is 26.8. The maximum atomic E-state index is 13.7. The van der Waals surface area contributed by atoms with Crippen molar-refractivity contribution in [1.82, 2.24) is 9.80 Å². The minimum Gasteiger partial charge on any atom is -0.497 e. The smallest absolute Gasteiger partial charge is 0.303 e. The Morgan fingerprint density at radius 3 is 2.27 bits per heavy atom. The van der Waals surface area contributed by atoms with Crippen LogP contribution in [0.2, 0.25) is 0 Å². The van der Waals surface area contributed by atoms with Crippen LogP contribution in [-0.4, -0.2) is 62.1 Å². The number of rotatable bonds is 7. The average Bonchev–Trinajstić information content (AvgIpc) is 2.88. The molecule has 6 nitrogen and oxygen atoms in total. The number of halogens is 1. The number of carbonyl (C=O) groups excluding carboxylic acids is 2. The monoisotopic (exact) mass is 490 g/mol. The van der Waals surface area contributed by atoms with E-state index in [4.69, 9.17) is 9.47 Å². The van der Waals surface area contributed by atoms with E-state index in [9.17, 15) is 9.59 Å². The Morgan fingerprint density at radius 2 is 1.73 bits per heavy atom. The van der Waals surface area contributed by atoms with Gasteiger partial charge in [-0.15, -0.1) is 24.2 Å². The lowest BCUT2D eigenvalue weighted by atomic mass is 10.1. The zero-order valence-electron chi connectivity index (χ0n) is 19.6. The number of esters is 1. The second-order valence-electron chi connectivity index (χ2n) is 7.92. The van der Waals surface area contributed by atoms with Crippen molar-refractivity contribution in [1.29, 1.82) is 0 Å². The summed E-state index contributed by atoms with van der Waals surface area (Å²) in [6.45, 7) is 4.50. The Balaban J connectivity index is 0.00000385. The van der Waals surface area contributed by atoms with E-state index in [1.54, 1.807) is 23.8 Å². The van der Waals surface area contributed by atoms with Crippen LogP contribution >= 0.6 is 24.2 Å². The van der Waals surface area contributed by atoms with Gasteiger partial charge in [0.2, 0.25) is 0 Å². The third-order valence-electron chi connectivity index (χ3n) is 5.31. The van der Waals surface area contributed by atoms with Crippen LogP contribution in [0.4, 0.5) is 0 Å². The summed E-state index contributed by atoms with van der Waals surface area (Å²) in [7, 11) is 5.55. The Kier molecular flexibility index (Phi) is 9.83. The van der Waals surface area contributed by atoms with Crippen molar-refractivity contribution in [2.24, 2.45) is 0 Å². The van der Waals surface area contributed by atoms with Crippen LogP contribution in [0.25, 0.3) is 4.91 Å². The summed E-state index contributed by atoms with van der Waals surface area (Å²) in [5.41, 5.74) is 2.78. The van der Waals surface area contributed by atoms with Gasteiger partial charge < -0.3 is 19.3 Å². The number of methoxy groups -OCH3 is 1. The van der Waals surface area contributed by atoms with Crippen molar-refractivity contribution in [3.05, 3.63) is 71.4 Å². The first-order chi connectivity index (χ1) is 15.3. The van der Waals surface area contributed by atoms with Gasteiger partial charge in [-0.05, 0) is 44.3 Å². The van der Waals surface area contributed by atoms with E-state index in [1.165, 1.54) is 6.92 Å². The second kappa shape index (κ2) is 12.1. The number of thioether (sulfide) groups is 1. The fourth-order valence-corrected chi connectivity index (χ4v) is 5.01. The molecule has 0 spiro atoms. The topological polar surface area (TPSA) is 59.1 Å². The van der Waals surface area contributed by atoms with Gasteiger partial charge in [0.25, 0.3) is 5.91 Å². The maximum Gasteiger partial charge on any atom is 0.303 e. The molecule has 3 rings (SSSR count). The molecule has 0 N–H and O–H groups in total. The molecule has 0 radical (unpaired) electrons. The summed E-state index contributed by atoms with van der Waals surface area (Å²) < 4.78 is 10.9. The van der Waals surface area contributed by atoms with Gasteiger partial charge in [-0.25, -0.2) is 0 Å². The lowest BCUT2D eigenvalue weighted by Gasteiger charge is -2.29. The van der Waals surface area contributed by atoms with Crippen molar-refractivity contribution in [3.8, 4) is 5.75 Å². The van der Waals surface area contributed by atoms with E-state index in [0.29, 0.717) is 13.1 Å². The number of nitrogens with zero attached hydrogens (tertiary/aromatic N) is 2. The van der Waals surface area contributed by atoms with Gasteiger partial charge in [-0.3, -0.25) is 9.59 Å². The lowest BCUT2D eigenvalue weighted by Crippen LogP contribution is -2.43. The van der Waals surface area contributed by atoms with E-state index in [2.05, 4.69) is 0 Å². The molecule has 0 saturated carbocycles. The van der Waals surface area contributed by atoms with Gasteiger partial charge in [0.05, 0.1) is 12.4 Å². The fourth-order valence-electron chi connectivity index (χ4n) is 3.62. The highest BCUT2D eigenvalue weighted by atomic mass is 35.5. The van der Waals surface area contributed by atoms with Gasteiger partial charge in [0.1, 0.15) is 5.75 Å². The fraction of sp³-hybridized carbons (Fsp3) is 0.360. The Labute approximate surface area is 206 Å². The highest BCUT2D eigenvalue weighted by Crippen LogP contribution is 2.48. The quantitative estimate of drug-likeness (QED) is 0.528. The summed E-state index contributed by atoms with van der Waals surface area (Å²) in [6, 6.07) is 17.6. The molecule has 0 fully saturated rings. The number of hydrogen-bond donors (Lipinski definition) is 0. The van der Waals surface area contributed by atoms with Crippen molar-refractivity contribution in [3.63, 3.8) is 0 Å². The predicted octanol–water partition coefficient (Wildman–Crippen LogP) is 4.62. The minimum absolute atomic E-state index is 0. The zero-order chi connectivity index (χ0) is 23.3. The van der Waals surface area contributed by atoms with E-state index < -0.39 is 17.3 Å². The number of amides is 1. The summed E-state index contributed by atoms with van der Waals surface area (Å²) in [4.78, 5) is 30.5. The summed E-state index contributed by atoms with van der Waals surface area (Å²) in [5, 5.41) is -0.396. The van der Waals surface area contributed by atoms with Gasteiger partial charge in [-0.1, -0.05) is 42.5 Å². The number of hydrogen-bond acceptors (Lipinski definition) is 6. The molecule has 2 aromatic rings. The normalized spacial score (nSPS) is 18.6. The summed E-state index contributed by atoms with van der Waals surface area (Å²) in [5.74, 6) is 0.0417. The van der Waals surface area contributed by atoms with Gasteiger partial charge in [-0.2, -0.15) is 0 Å². The van der Waals surface area contributed by atoms with Crippen molar-refractivity contribution in [2.45, 2.75) is 25.2 Å². The molecule has 178 valence electrons. The predicted molar refractivity (Wildman–Crippen MR) is 135 cm³/mol. The molecule has 2 atom stereocenters. The van der Waals surface area contributed by atoms with Crippen molar-refractivity contribution >= 4 is 41.0 Å². The van der Waals surface area contributed by atoms with E-state index >= 15 is 0 Å². The van der Waals surface area contributed by atoms with Gasteiger partial charge in [0.15, 0.2) is 6.10 Å². The molecule has 0 aromatic heterocycles. The lowest BCUT2D eigenvalue weighted by molar-refractivity contribution is -0.157. The van der Waals surface area contributed by atoms with Crippen LogP contribution in [0, 0.1) is 0 Å². The molecule has 33 heavy (non-hydrogen) atoms. The van der Waals surface area contributed by atoms with Crippen LogP contribution in [0.3, 0.4) is 0 Å². The first-order valence-corrected chi connectivity index (χ1v) is 11.4. The van der Waals surface area contributed by atoms with E-state index in [0.717, 1.165) is 27.5 Å². The van der Waals surface area contributed by atoms with Crippen LogP contribution in [-0.2, 0) is 14.3 Å². The third kappa shape index (κ3) is 6.53. The van der Waals surface area contributed by atoms with Crippen LogP contribution in [0.1, 0.15) is 30.2 Å². The van der Waals surface area contributed by atoms with Gasteiger partial charge in [0, 0.05) is 30.6 Å². The first-order valence-electron chi connectivity index (χ1n) is 10.5. The van der Waals surface area contributed by atoms with Crippen LogP contribution < -0.4 is 4.74 Å². The molecule has 1 amide bonds. The molecule has 1 heterocycles. The molecule has 0 unspecified atom stereocenters. The number of ether oxygens (including phenoxy) is 2. The second-order valence-corrected chi connectivity index (χ2v) is 9.07. The molecule has 0 bridgehead atoms. The van der Waals surface area contributed by atoms with Crippen LogP contribution in [0.15, 0.2) is 60.3 Å². The molecule has 0 saturated heterocycles. The molecule has 1 aliphatic heterocycles. The Bertz CT molecular complexity index is 980. The number of carbonyl (C=O) groups is 2. The molecule has 1 aliphatic rings. The van der Waals surface area contributed by atoms with Crippen molar-refractivity contribution in [2.75, 3.05) is 34.3 Å². The Hall–Kier alpha value is -2.48. The largest absolute Gasteiger partial charge is 0.497 e. The SMILES string of the molecule is COc1ccc([C@H]2SC(c3ccccc3)=C(C)N(CCN(C)C)C(=O)[C@@H]2OC(C)=O)cc1.Cl. The molecular formula is C25H31ClN2O4S. The van der Waals surface area contributed by atoms with Crippen molar-refractivity contribution < 1.29 is 19.1 Å². The number of allylic oxidation sites excluding steroid dienone is 1. The van der Waals surface area contributed by atoms with Gasteiger partial charge >= 0.3 is 5.97 Å². The minimum atomic E-state index is -0.941. The zero-order valence-corrected chi connectivity index (χ0v) is 21.2. The Morgan fingerprint density at radius 1 is 1.09 bits per heavy atom. The summed E-state index contributed by atoms with van der Waals surface area (Å²) >= 11 is 1.56. The summed E-state index contributed by atoms with van der Waals surface area (Å²) in [6.07, 6.45) is -0.941. The molecule has 8 heteroatoms. The number of likely N-dealkylation sites (N-methyl/N-ethyl adjacent to an activating group) is 1.